The van der Waals surface area contributed by atoms with Gasteiger partial charge in [-0.15, -0.1) is 0 Å². The SMILES string of the molecule is COC(=O)c1ccc(CN2C(=O)N/C(=C/c3cccc(OC)c3OCc3ccc4c(c3)OCO4)C2=O)o1. The molecule has 11 heteroatoms. The first-order valence-electron chi connectivity index (χ1n) is 11.2. The van der Waals surface area contributed by atoms with E-state index < -0.39 is 17.9 Å². The minimum absolute atomic E-state index is 0.0269. The molecule has 190 valence electrons. The van der Waals surface area contributed by atoms with Gasteiger partial charge in [-0.25, -0.2) is 9.59 Å². The highest BCUT2D eigenvalue weighted by molar-refractivity contribution is 6.14. The predicted molar refractivity (Wildman–Crippen MR) is 127 cm³/mol. The van der Waals surface area contributed by atoms with Crippen LogP contribution in [0.1, 0.15) is 27.4 Å². The number of hydrogen-bond donors (Lipinski definition) is 1. The third-order valence-electron chi connectivity index (χ3n) is 5.67. The van der Waals surface area contributed by atoms with Gasteiger partial charge in [-0.05, 0) is 42.0 Å². The summed E-state index contributed by atoms with van der Waals surface area (Å²) in [4.78, 5) is 38.1. The molecular weight excluding hydrogens is 484 g/mol. The van der Waals surface area contributed by atoms with Crippen molar-refractivity contribution >= 4 is 24.0 Å². The first-order chi connectivity index (χ1) is 18.0. The van der Waals surface area contributed by atoms with Crippen LogP contribution in [-0.2, 0) is 22.7 Å². The molecule has 2 aliphatic heterocycles. The quantitative estimate of drug-likeness (QED) is 0.278. The molecule has 0 bridgehead atoms. The van der Waals surface area contributed by atoms with Crippen molar-refractivity contribution in [3.8, 4) is 23.0 Å². The number of urea groups is 1. The summed E-state index contributed by atoms with van der Waals surface area (Å²) in [6.07, 6.45) is 1.51. The number of benzene rings is 2. The van der Waals surface area contributed by atoms with Crippen LogP contribution in [0.3, 0.4) is 0 Å². The lowest BCUT2D eigenvalue weighted by Gasteiger charge is -2.14. The molecule has 0 atom stereocenters. The lowest BCUT2D eigenvalue weighted by Crippen LogP contribution is -2.30. The number of amides is 3. The Morgan fingerprint density at radius 2 is 1.92 bits per heavy atom. The molecule has 0 unspecified atom stereocenters. The van der Waals surface area contributed by atoms with Gasteiger partial charge in [0.05, 0.1) is 20.8 Å². The number of fused-ring (bicyclic) bond motifs is 1. The molecular formula is C26H22N2O9. The summed E-state index contributed by atoms with van der Waals surface area (Å²) >= 11 is 0. The van der Waals surface area contributed by atoms with Crippen molar-refractivity contribution < 1.29 is 42.5 Å². The van der Waals surface area contributed by atoms with Crippen LogP contribution in [0.15, 0.2) is 58.6 Å². The number of carbonyl (C=O) groups excluding carboxylic acids is 3. The van der Waals surface area contributed by atoms with Crippen molar-refractivity contribution in [2.75, 3.05) is 21.0 Å². The Hall–Kier alpha value is -4.93. The van der Waals surface area contributed by atoms with E-state index in [4.69, 9.17) is 23.4 Å². The number of carbonyl (C=O) groups is 3. The minimum Gasteiger partial charge on any atom is -0.493 e. The van der Waals surface area contributed by atoms with E-state index in [1.807, 2.05) is 12.1 Å². The zero-order valence-corrected chi connectivity index (χ0v) is 19.9. The van der Waals surface area contributed by atoms with Crippen molar-refractivity contribution in [3.05, 3.63) is 76.9 Å². The summed E-state index contributed by atoms with van der Waals surface area (Å²) in [6.45, 7) is 0.207. The number of nitrogens with one attached hydrogen (secondary N) is 1. The van der Waals surface area contributed by atoms with Crippen molar-refractivity contribution in [3.63, 3.8) is 0 Å². The molecule has 2 aliphatic rings. The molecule has 3 amide bonds. The smallest absolute Gasteiger partial charge is 0.373 e. The number of hydrogen-bond acceptors (Lipinski definition) is 9. The Morgan fingerprint density at radius 1 is 1.08 bits per heavy atom. The number of imide groups is 1. The molecule has 1 fully saturated rings. The Kier molecular flexibility index (Phi) is 6.42. The third-order valence-corrected chi connectivity index (χ3v) is 5.67. The van der Waals surface area contributed by atoms with Crippen LogP contribution < -0.4 is 24.3 Å². The van der Waals surface area contributed by atoms with Crippen LogP contribution in [0.2, 0.25) is 0 Å². The van der Waals surface area contributed by atoms with Crippen molar-refractivity contribution in [1.29, 1.82) is 0 Å². The fourth-order valence-electron chi connectivity index (χ4n) is 3.85. The molecule has 3 heterocycles. The van der Waals surface area contributed by atoms with E-state index >= 15 is 0 Å². The van der Waals surface area contributed by atoms with Crippen LogP contribution in [0.25, 0.3) is 6.08 Å². The lowest BCUT2D eigenvalue weighted by molar-refractivity contribution is -0.123. The zero-order chi connectivity index (χ0) is 25.9. The van der Waals surface area contributed by atoms with E-state index in [0.29, 0.717) is 28.6 Å². The normalized spacial score (nSPS) is 15.2. The van der Waals surface area contributed by atoms with E-state index in [9.17, 15) is 14.4 Å². The number of ether oxygens (including phenoxy) is 5. The number of nitrogens with zero attached hydrogens (tertiary/aromatic N) is 1. The van der Waals surface area contributed by atoms with E-state index in [0.717, 1.165) is 10.5 Å². The monoisotopic (exact) mass is 506 g/mol. The van der Waals surface area contributed by atoms with E-state index in [1.165, 1.54) is 32.4 Å². The first kappa shape index (κ1) is 23.8. The lowest BCUT2D eigenvalue weighted by atomic mass is 10.1. The summed E-state index contributed by atoms with van der Waals surface area (Å²) in [5.41, 5.74) is 1.41. The molecule has 1 aromatic heterocycles. The Balaban J connectivity index is 1.35. The fraction of sp³-hybridized carbons (Fsp3) is 0.192. The van der Waals surface area contributed by atoms with Gasteiger partial charge in [-0.2, -0.15) is 0 Å². The Labute approximate surface area is 211 Å². The number of furan rings is 1. The zero-order valence-electron chi connectivity index (χ0n) is 19.9. The summed E-state index contributed by atoms with van der Waals surface area (Å²) in [6, 6.07) is 13.0. The molecule has 1 saturated heterocycles. The minimum atomic E-state index is -0.657. The number of para-hydroxylation sites is 1. The molecule has 0 spiro atoms. The Morgan fingerprint density at radius 3 is 2.73 bits per heavy atom. The topological polar surface area (TPSA) is 126 Å². The molecule has 11 nitrogen and oxygen atoms in total. The average molecular weight is 506 g/mol. The van der Waals surface area contributed by atoms with Gasteiger partial charge in [0.2, 0.25) is 12.6 Å². The molecule has 37 heavy (non-hydrogen) atoms. The number of rotatable bonds is 8. The summed E-state index contributed by atoms with van der Waals surface area (Å²) in [7, 11) is 2.74. The van der Waals surface area contributed by atoms with Gasteiger partial charge in [-0.3, -0.25) is 9.69 Å². The van der Waals surface area contributed by atoms with Gasteiger partial charge >= 0.3 is 12.0 Å². The molecule has 3 aromatic rings. The van der Waals surface area contributed by atoms with Crippen LogP contribution in [-0.4, -0.2) is 43.8 Å². The highest BCUT2D eigenvalue weighted by Crippen LogP contribution is 2.36. The summed E-state index contributed by atoms with van der Waals surface area (Å²) < 4.78 is 32.3. The van der Waals surface area contributed by atoms with Gasteiger partial charge in [-0.1, -0.05) is 18.2 Å². The van der Waals surface area contributed by atoms with Crippen LogP contribution in [0.5, 0.6) is 23.0 Å². The highest BCUT2D eigenvalue weighted by Gasteiger charge is 2.34. The van der Waals surface area contributed by atoms with Gasteiger partial charge in [0.15, 0.2) is 23.0 Å². The van der Waals surface area contributed by atoms with E-state index in [2.05, 4.69) is 10.1 Å². The van der Waals surface area contributed by atoms with Gasteiger partial charge < -0.3 is 33.4 Å². The standard InChI is InChI=1S/C26H22N2O9/c1-32-20-5-3-4-16(23(20)34-13-15-6-8-19-22(10-15)36-14-35-19)11-18-24(29)28(26(31)27-18)12-17-7-9-21(37-17)25(30)33-2/h3-11H,12-14H2,1-2H3,(H,27,31)/b18-11+. The molecule has 1 N–H and O–H groups in total. The molecule has 0 saturated carbocycles. The summed E-state index contributed by atoms with van der Waals surface area (Å²) in [5, 5.41) is 2.57. The second-order valence-electron chi connectivity index (χ2n) is 7.99. The van der Waals surface area contributed by atoms with Gasteiger partial charge in [0, 0.05) is 5.56 Å². The average Bonchev–Trinajstić information content (AvgIpc) is 3.63. The maximum Gasteiger partial charge on any atom is 0.373 e. The van der Waals surface area contributed by atoms with Crippen LogP contribution >= 0.6 is 0 Å². The first-order valence-corrected chi connectivity index (χ1v) is 11.2. The second-order valence-corrected chi connectivity index (χ2v) is 7.99. The largest absolute Gasteiger partial charge is 0.493 e. The van der Waals surface area contributed by atoms with Gasteiger partial charge in [0.1, 0.15) is 18.1 Å². The molecule has 2 aromatic carbocycles. The van der Waals surface area contributed by atoms with Crippen molar-refractivity contribution in [2.45, 2.75) is 13.2 Å². The van der Waals surface area contributed by atoms with E-state index in [1.54, 1.807) is 24.3 Å². The maximum absolute atomic E-state index is 13.0. The molecule has 0 radical (unpaired) electrons. The van der Waals surface area contributed by atoms with Crippen molar-refractivity contribution in [1.82, 2.24) is 10.2 Å². The van der Waals surface area contributed by atoms with Crippen LogP contribution in [0, 0.1) is 0 Å². The fourth-order valence-corrected chi connectivity index (χ4v) is 3.85. The second kappa shape index (κ2) is 9.97. The number of esters is 1. The van der Waals surface area contributed by atoms with Crippen molar-refractivity contribution in [2.24, 2.45) is 0 Å². The Bertz CT molecular complexity index is 1410. The van der Waals surface area contributed by atoms with Crippen LogP contribution in [0.4, 0.5) is 4.79 Å². The number of methoxy groups -OCH3 is 2. The third kappa shape index (κ3) is 4.79. The highest BCUT2D eigenvalue weighted by atomic mass is 16.7. The molecule has 0 aliphatic carbocycles. The van der Waals surface area contributed by atoms with Gasteiger partial charge in [0.25, 0.3) is 5.91 Å². The summed E-state index contributed by atoms with van der Waals surface area (Å²) in [5.74, 6) is 1.15. The molecule has 5 rings (SSSR count). The van der Waals surface area contributed by atoms with E-state index in [-0.39, 0.29) is 37.2 Å². The predicted octanol–water partition coefficient (Wildman–Crippen LogP) is 3.48. The maximum atomic E-state index is 13.0.